The van der Waals surface area contributed by atoms with Gasteiger partial charge in [-0.3, -0.25) is 14.5 Å². The molecule has 0 fully saturated rings. The van der Waals surface area contributed by atoms with E-state index in [4.69, 9.17) is 0 Å². The molecule has 0 atom stereocenters. The highest BCUT2D eigenvalue weighted by Gasteiger charge is 2.36. The number of Topliss-reactive ketones (excluding diaryl/α,β-unsaturated/α-hetero) is 1. The van der Waals surface area contributed by atoms with Gasteiger partial charge in [-0.25, -0.2) is 0 Å². The van der Waals surface area contributed by atoms with Crippen LogP contribution in [0.1, 0.15) is 15.9 Å². The standard InChI is InChI=1S/C12H10BrNO2/c1-3-4-14-10-8(11(15)12(14)16)5-7(2)6-9(10)13/h3,5-6H,1,4H2,2H3. The first-order valence-corrected chi connectivity index (χ1v) is 5.62. The van der Waals surface area contributed by atoms with Gasteiger partial charge in [0.05, 0.1) is 11.3 Å². The number of rotatable bonds is 2. The van der Waals surface area contributed by atoms with Gasteiger partial charge in [0.2, 0.25) is 0 Å². The van der Waals surface area contributed by atoms with Gasteiger partial charge in [0.1, 0.15) is 0 Å². The van der Waals surface area contributed by atoms with E-state index in [1.807, 2.05) is 13.0 Å². The highest BCUT2D eigenvalue weighted by Crippen LogP contribution is 2.36. The molecule has 0 spiro atoms. The van der Waals surface area contributed by atoms with Crippen molar-refractivity contribution in [1.29, 1.82) is 0 Å². The topological polar surface area (TPSA) is 37.4 Å². The van der Waals surface area contributed by atoms with Crippen LogP contribution >= 0.6 is 15.9 Å². The first-order chi connectivity index (χ1) is 7.56. The Morgan fingerprint density at radius 1 is 1.44 bits per heavy atom. The molecule has 0 unspecified atom stereocenters. The molecule has 1 aliphatic rings. The second-order valence-corrected chi connectivity index (χ2v) is 4.53. The van der Waals surface area contributed by atoms with Crippen molar-refractivity contribution in [3.8, 4) is 0 Å². The Bertz CT molecular complexity index is 508. The van der Waals surface area contributed by atoms with Crippen LogP contribution in [0.4, 0.5) is 5.69 Å². The fourth-order valence-corrected chi connectivity index (χ4v) is 2.61. The minimum absolute atomic E-state index is 0.346. The molecule has 3 nitrogen and oxygen atoms in total. The molecule has 1 amide bonds. The third-order valence-electron chi connectivity index (χ3n) is 2.47. The highest BCUT2D eigenvalue weighted by molar-refractivity contribution is 9.10. The number of anilines is 1. The minimum atomic E-state index is -0.485. The molecule has 0 radical (unpaired) electrons. The summed E-state index contributed by atoms with van der Waals surface area (Å²) in [5.74, 6) is -0.928. The van der Waals surface area contributed by atoms with Crippen molar-refractivity contribution >= 4 is 33.3 Å². The van der Waals surface area contributed by atoms with E-state index in [-0.39, 0.29) is 0 Å². The molecule has 1 aromatic rings. The lowest BCUT2D eigenvalue weighted by Gasteiger charge is -2.15. The summed E-state index contributed by atoms with van der Waals surface area (Å²) in [6.45, 7) is 5.82. The lowest BCUT2D eigenvalue weighted by molar-refractivity contribution is -0.114. The van der Waals surface area contributed by atoms with Gasteiger partial charge in [0, 0.05) is 11.0 Å². The van der Waals surface area contributed by atoms with Gasteiger partial charge >= 0.3 is 0 Å². The van der Waals surface area contributed by atoms with Crippen molar-refractivity contribution in [2.45, 2.75) is 6.92 Å². The summed E-state index contributed by atoms with van der Waals surface area (Å²) in [6, 6.07) is 3.63. The second-order valence-electron chi connectivity index (χ2n) is 3.68. The van der Waals surface area contributed by atoms with Crippen LogP contribution in [0.25, 0.3) is 0 Å². The molecule has 1 heterocycles. The van der Waals surface area contributed by atoms with E-state index in [2.05, 4.69) is 22.5 Å². The Morgan fingerprint density at radius 2 is 2.12 bits per heavy atom. The molecule has 0 N–H and O–H groups in total. The van der Waals surface area contributed by atoms with Crippen molar-refractivity contribution in [3.05, 3.63) is 40.4 Å². The lowest BCUT2D eigenvalue weighted by Crippen LogP contribution is -2.29. The number of carbonyl (C=O) groups is 2. The monoisotopic (exact) mass is 279 g/mol. The van der Waals surface area contributed by atoms with Gasteiger partial charge in [0.25, 0.3) is 11.7 Å². The van der Waals surface area contributed by atoms with E-state index in [9.17, 15) is 9.59 Å². The number of benzene rings is 1. The molecule has 16 heavy (non-hydrogen) atoms. The maximum atomic E-state index is 11.7. The number of ketones is 1. The second kappa shape index (κ2) is 3.87. The minimum Gasteiger partial charge on any atom is -0.300 e. The van der Waals surface area contributed by atoms with E-state index in [0.717, 1.165) is 10.0 Å². The summed E-state index contributed by atoms with van der Waals surface area (Å²) < 4.78 is 0.767. The summed E-state index contributed by atoms with van der Waals surface area (Å²) in [5.41, 5.74) is 2.08. The van der Waals surface area contributed by atoms with Crippen LogP contribution in [0.15, 0.2) is 29.3 Å². The molecule has 0 saturated heterocycles. The summed E-state index contributed by atoms with van der Waals surface area (Å²) in [4.78, 5) is 24.9. The van der Waals surface area contributed by atoms with Gasteiger partial charge in [-0.2, -0.15) is 0 Å². The number of fused-ring (bicyclic) bond motifs is 1. The summed E-state index contributed by atoms with van der Waals surface area (Å²) in [5, 5.41) is 0. The highest BCUT2D eigenvalue weighted by atomic mass is 79.9. The Hall–Kier alpha value is -1.42. The molecule has 0 saturated carbocycles. The first kappa shape index (κ1) is 11.1. The average molecular weight is 280 g/mol. The van der Waals surface area contributed by atoms with Gasteiger partial charge in [-0.05, 0) is 40.5 Å². The van der Waals surface area contributed by atoms with Crippen LogP contribution in [0.2, 0.25) is 0 Å². The van der Waals surface area contributed by atoms with E-state index < -0.39 is 11.7 Å². The fourth-order valence-electron chi connectivity index (χ4n) is 1.82. The maximum absolute atomic E-state index is 11.7. The zero-order valence-electron chi connectivity index (χ0n) is 8.79. The van der Waals surface area contributed by atoms with Crippen LogP contribution in [-0.2, 0) is 4.79 Å². The third kappa shape index (κ3) is 1.50. The number of halogens is 1. The normalized spacial score (nSPS) is 14.2. The Balaban J connectivity index is 2.65. The number of hydrogen-bond acceptors (Lipinski definition) is 2. The Labute approximate surface area is 102 Å². The van der Waals surface area contributed by atoms with Crippen molar-refractivity contribution in [3.63, 3.8) is 0 Å². The molecular formula is C12H10BrNO2. The van der Waals surface area contributed by atoms with E-state index in [1.165, 1.54) is 4.90 Å². The zero-order valence-corrected chi connectivity index (χ0v) is 10.4. The number of aryl methyl sites for hydroxylation is 1. The lowest BCUT2D eigenvalue weighted by atomic mass is 10.1. The quantitative estimate of drug-likeness (QED) is 0.616. The van der Waals surface area contributed by atoms with E-state index in [0.29, 0.717) is 17.8 Å². The Morgan fingerprint density at radius 3 is 2.75 bits per heavy atom. The largest absolute Gasteiger partial charge is 0.300 e. The fraction of sp³-hybridized carbons (Fsp3) is 0.167. The Kier molecular flexibility index (Phi) is 2.68. The molecule has 2 rings (SSSR count). The van der Waals surface area contributed by atoms with Gasteiger partial charge in [0.15, 0.2) is 0 Å². The average Bonchev–Trinajstić information content (AvgIpc) is 2.44. The molecule has 0 aromatic heterocycles. The molecule has 1 aliphatic heterocycles. The summed E-state index contributed by atoms with van der Waals surface area (Å²) in [7, 11) is 0. The first-order valence-electron chi connectivity index (χ1n) is 4.83. The van der Waals surface area contributed by atoms with Crippen molar-refractivity contribution in [2.75, 3.05) is 11.4 Å². The van der Waals surface area contributed by atoms with E-state index >= 15 is 0 Å². The van der Waals surface area contributed by atoms with Crippen molar-refractivity contribution < 1.29 is 9.59 Å². The number of carbonyl (C=O) groups excluding carboxylic acids is 2. The zero-order chi connectivity index (χ0) is 11.9. The van der Waals surface area contributed by atoms with Crippen LogP contribution in [0.5, 0.6) is 0 Å². The maximum Gasteiger partial charge on any atom is 0.299 e. The molecule has 0 bridgehead atoms. The van der Waals surface area contributed by atoms with Crippen molar-refractivity contribution in [2.24, 2.45) is 0 Å². The molecule has 1 aromatic carbocycles. The molecule has 82 valence electrons. The predicted molar refractivity (Wildman–Crippen MR) is 65.8 cm³/mol. The van der Waals surface area contributed by atoms with Crippen LogP contribution in [0, 0.1) is 6.92 Å². The smallest absolute Gasteiger partial charge is 0.299 e. The third-order valence-corrected chi connectivity index (χ3v) is 3.08. The van der Waals surface area contributed by atoms with Crippen molar-refractivity contribution in [1.82, 2.24) is 0 Å². The SMILES string of the molecule is C=CCN1C(=O)C(=O)c2cc(C)cc(Br)c21. The summed E-state index contributed by atoms with van der Waals surface area (Å²) in [6.07, 6.45) is 1.60. The molecule has 4 heteroatoms. The van der Waals surface area contributed by atoms with Crippen LogP contribution in [-0.4, -0.2) is 18.2 Å². The number of amides is 1. The number of hydrogen-bond donors (Lipinski definition) is 0. The van der Waals surface area contributed by atoms with Crippen LogP contribution < -0.4 is 4.90 Å². The molecular weight excluding hydrogens is 270 g/mol. The predicted octanol–water partition coefficient (Wildman–Crippen LogP) is 2.47. The van der Waals surface area contributed by atoms with E-state index in [1.54, 1.807) is 12.1 Å². The van der Waals surface area contributed by atoms with Crippen LogP contribution in [0.3, 0.4) is 0 Å². The summed E-state index contributed by atoms with van der Waals surface area (Å²) >= 11 is 3.38. The molecule has 0 aliphatic carbocycles. The van der Waals surface area contributed by atoms with Gasteiger partial charge < -0.3 is 0 Å². The number of nitrogens with zero attached hydrogens (tertiary/aromatic N) is 1. The van der Waals surface area contributed by atoms with Gasteiger partial charge in [-0.1, -0.05) is 6.08 Å². The van der Waals surface area contributed by atoms with Gasteiger partial charge in [-0.15, -0.1) is 6.58 Å².